The molecule has 8 nitrogen and oxygen atoms in total. The molecule has 27 heavy (non-hydrogen) atoms. The van der Waals surface area contributed by atoms with Crippen LogP contribution in [0.3, 0.4) is 0 Å². The number of phenolic OH excluding ortho intramolecular Hbond substituents is 4. The Bertz CT molecular complexity index is 890. The molecule has 2 atom stereocenters. The van der Waals surface area contributed by atoms with E-state index >= 15 is 0 Å². The highest BCUT2D eigenvalue weighted by atomic mass is 16.7. The molecule has 1 aliphatic rings. The Balaban J connectivity index is 2.11. The van der Waals surface area contributed by atoms with Gasteiger partial charge < -0.3 is 35.0 Å². The monoisotopic (exact) mass is 376 g/mol. The van der Waals surface area contributed by atoms with Gasteiger partial charge in [0.25, 0.3) is 0 Å². The summed E-state index contributed by atoms with van der Waals surface area (Å²) in [6, 6.07) is 6.68. The molecule has 0 saturated heterocycles. The van der Waals surface area contributed by atoms with Gasteiger partial charge in [0.1, 0.15) is 29.0 Å². The first-order valence-corrected chi connectivity index (χ1v) is 8.24. The SMILES string of the molecule is CC(C)(OC(=O)O)[C@@H]1Cc2c(O)cc(O)cc2O[C@H]1c1ccc(O)c(O)c1. The van der Waals surface area contributed by atoms with E-state index in [2.05, 4.69) is 0 Å². The highest BCUT2D eigenvalue weighted by Crippen LogP contribution is 2.49. The van der Waals surface area contributed by atoms with E-state index in [4.69, 9.17) is 14.6 Å². The van der Waals surface area contributed by atoms with E-state index in [9.17, 15) is 25.2 Å². The summed E-state index contributed by atoms with van der Waals surface area (Å²) in [6.45, 7) is 3.18. The van der Waals surface area contributed by atoms with Crippen LogP contribution in [0.15, 0.2) is 30.3 Å². The van der Waals surface area contributed by atoms with Gasteiger partial charge in [-0.25, -0.2) is 4.79 Å². The van der Waals surface area contributed by atoms with Crippen molar-refractivity contribution in [1.82, 2.24) is 0 Å². The largest absolute Gasteiger partial charge is 0.508 e. The third kappa shape index (κ3) is 3.51. The van der Waals surface area contributed by atoms with Gasteiger partial charge in [0.15, 0.2) is 11.5 Å². The summed E-state index contributed by atoms with van der Waals surface area (Å²) in [4.78, 5) is 11.1. The average molecular weight is 376 g/mol. The molecule has 2 aromatic rings. The molecule has 0 unspecified atom stereocenters. The highest BCUT2D eigenvalue weighted by Gasteiger charge is 2.45. The lowest BCUT2D eigenvalue weighted by Gasteiger charge is -2.42. The van der Waals surface area contributed by atoms with Crippen LogP contribution in [0, 0.1) is 5.92 Å². The summed E-state index contributed by atoms with van der Waals surface area (Å²) in [5.74, 6) is -1.33. The number of benzene rings is 2. The van der Waals surface area contributed by atoms with Gasteiger partial charge in [-0.05, 0) is 38.0 Å². The third-order valence-corrected chi connectivity index (χ3v) is 4.78. The highest BCUT2D eigenvalue weighted by molar-refractivity contribution is 5.58. The van der Waals surface area contributed by atoms with Gasteiger partial charge in [-0.1, -0.05) is 6.07 Å². The maximum atomic E-state index is 11.1. The molecule has 144 valence electrons. The maximum Gasteiger partial charge on any atom is 0.506 e. The minimum Gasteiger partial charge on any atom is -0.508 e. The van der Waals surface area contributed by atoms with E-state index in [1.165, 1.54) is 30.3 Å². The van der Waals surface area contributed by atoms with Gasteiger partial charge in [-0.2, -0.15) is 0 Å². The second-order valence-electron chi connectivity index (χ2n) is 7.01. The summed E-state index contributed by atoms with van der Waals surface area (Å²) in [5.41, 5.74) is -0.309. The molecule has 1 heterocycles. The zero-order chi connectivity index (χ0) is 19.9. The molecule has 0 radical (unpaired) electrons. The Morgan fingerprint density at radius 3 is 2.41 bits per heavy atom. The van der Waals surface area contributed by atoms with Gasteiger partial charge in [-0.15, -0.1) is 0 Å². The maximum absolute atomic E-state index is 11.1. The van der Waals surface area contributed by atoms with Gasteiger partial charge in [0.2, 0.25) is 0 Å². The third-order valence-electron chi connectivity index (χ3n) is 4.78. The van der Waals surface area contributed by atoms with Crippen LogP contribution in [0.25, 0.3) is 0 Å². The van der Waals surface area contributed by atoms with Crippen LogP contribution in [-0.4, -0.2) is 37.3 Å². The number of ether oxygens (including phenoxy) is 2. The van der Waals surface area contributed by atoms with Crippen molar-refractivity contribution in [1.29, 1.82) is 0 Å². The number of aromatic hydroxyl groups is 4. The van der Waals surface area contributed by atoms with Crippen molar-refractivity contribution in [2.24, 2.45) is 5.92 Å². The smallest absolute Gasteiger partial charge is 0.506 e. The van der Waals surface area contributed by atoms with Gasteiger partial charge in [0, 0.05) is 23.6 Å². The van der Waals surface area contributed by atoms with Crippen molar-refractivity contribution < 1.29 is 39.8 Å². The minimum absolute atomic E-state index is 0.173. The van der Waals surface area contributed by atoms with Gasteiger partial charge in [-0.3, -0.25) is 0 Å². The first-order valence-electron chi connectivity index (χ1n) is 8.24. The summed E-state index contributed by atoms with van der Waals surface area (Å²) in [7, 11) is 0. The Morgan fingerprint density at radius 2 is 1.78 bits per heavy atom. The lowest BCUT2D eigenvalue weighted by Crippen LogP contribution is -2.44. The molecular weight excluding hydrogens is 356 g/mol. The van der Waals surface area contributed by atoms with Crippen LogP contribution in [0.1, 0.15) is 31.1 Å². The van der Waals surface area contributed by atoms with Gasteiger partial charge >= 0.3 is 6.16 Å². The normalized spacial score (nSPS) is 19.0. The molecule has 8 heteroatoms. The molecule has 0 saturated carbocycles. The van der Waals surface area contributed by atoms with E-state index in [0.717, 1.165) is 0 Å². The standard InChI is InChI=1S/C19H20O8/c1-19(2,27-18(24)25)12-8-11-14(22)6-10(20)7-16(11)26-17(12)9-3-4-13(21)15(23)5-9/h3-7,12,17,20-23H,8H2,1-2H3,(H,24,25)/t12-,17+/m1/s1. The predicted molar refractivity (Wildman–Crippen MR) is 93.3 cm³/mol. The Morgan fingerprint density at radius 1 is 1.07 bits per heavy atom. The molecule has 3 rings (SSSR count). The van der Waals surface area contributed by atoms with Crippen molar-refractivity contribution in [3.63, 3.8) is 0 Å². The summed E-state index contributed by atoms with van der Waals surface area (Å²) < 4.78 is 11.0. The summed E-state index contributed by atoms with van der Waals surface area (Å²) in [5, 5.41) is 48.4. The lowest BCUT2D eigenvalue weighted by atomic mass is 9.76. The first kappa shape index (κ1) is 18.5. The molecule has 0 fully saturated rings. The van der Waals surface area contributed by atoms with Crippen LogP contribution in [-0.2, 0) is 11.2 Å². The molecule has 0 aliphatic carbocycles. The van der Waals surface area contributed by atoms with Crippen LogP contribution in [0.4, 0.5) is 4.79 Å². The fourth-order valence-corrected chi connectivity index (χ4v) is 3.40. The van der Waals surface area contributed by atoms with Gasteiger partial charge in [0.05, 0.1) is 0 Å². The van der Waals surface area contributed by atoms with Crippen molar-refractivity contribution in [3.8, 4) is 28.7 Å². The zero-order valence-electron chi connectivity index (χ0n) is 14.7. The van der Waals surface area contributed by atoms with E-state index in [1.807, 2.05) is 0 Å². The summed E-state index contributed by atoms with van der Waals surface area (Å²) in [6.07, 6.45) is -2.01. The number of hydrogen-bond acceptors (Lipinski definition) is 7. The van der Waals surface area contributed by atoms with E-state index in [0.29, 0.717) is 11.1 Å². The van der Waals surface area contributed by atoms with Crippen LogP contribution < -0.4 is 4.74 Å². The van der Waals surface area contributed by atoms with Crippen molar-refractivity contribution >= 4 is 6.16 Å². The Hall–Kier alpha value is -3.29. The average Bonchev–Trinajstić information content (AvgIpc) is 2.55. The molecule has 0 aromatic heterocycles. The quantitative estimate of drug-likeness (QED) is 0.407. The zero-order valence-corrected chi connectivity index (χ0v) is 14.7. The lowest BCUT2D eigenvalue weighted by molar-refractivity contribution is -0.0728. The van der Waals surface area contributed by atoms with Crippen LogP contribution in [0.2, 0.25) is 0 Å². The number of rotatable bonds is 3. The first-order chi connectivity index (χ1) is 12.6. The summed E-state index contributed by atoms with van der Waals surface area (Å²) >= 11 is 0. The minimum atomic E-state index is -1.45. The number of fused-ring (bicyclic) bond motifs is 1. The van der Waals surface area contributed by atoms with E-state index in [1.54, 1.807) is 13.8 Å². The molecule has 0 amide bonds. The van der Waals surface area contributed by atoms with Crippen molar-refractivity contribution in [2.45, 2.75) is 32.0 Å². The molecule has 2 aromatic carbocycles. The van der Waals surface area contributed by atoms with Crippen LogP contribution in [0.5, 0.6) is 28.7 Å². The molecular formula is C19H20O8. The number of carboxylic acid groups (broad SMARTS) is 1. The number of hydrogen-bond donors (Lipinski definition) is 5. The predicted octanol–water partition coefficient (Wildman–Crippen LogP) is 3.27. The van der Waals surface area contributed by atoms with Crippen molar-refractivity contribution in [3.05, 3.63) is 41.5 Å². The Labute approximate surface area is 154 Å². The number of phenols is 4. The second-order valence-corrected chi connectivity index (χ2v) is 7.01. The number of carbonyl (C=O) groups is 1. The van der Waals surface area contributed by atoms with E-state index in [-0.39, 0.29) is 35.2 Å². The molecule has 5 N–H and O–H groups in total. The second kappa shape index (κ2) is 6.46. The Kier molecular flexibility index (Phi) is 4.43. The molecule has 1 aliphatic heterocycles. The van der Waals surface area contributed by atoms with E-state index < -0.39 is 23.8 Å². The molecule has 0 bridgehead atoms. The fourth-order valence-electron chi connectivity index (χ4n) is 3.40. The molecule has 0 spiro atoms. The van der Waals surface area contributed by atoms with Crippen molar-refractivity contribution in [2.75, 3.05) is 0 Å². The van der Waals surface area contributed by atoms with Crippen LogP contribution >= 0.6 is 0 Å². The topological polar surface area (TPSA) is 137 Å². The fraction of sp³-hybridized carbons (Fsp3) is 0.316.